The van der Waals surface area contributed by atoms with Crippen LogP contribution in [0.3, 0.4) is 0 Å². The Labute approximate surface area is 121 Å². The number of carboxylic acid groups (broad SMARTS) is 1. The Bertz CT molecular complexity index is 707. The van der Waals surface area contributed by atoms with Crippen molar-refractivity contribution in [1.82, 2.24) is 9.80 Å². The van der Waals surface area contributed by atoms with E-state index in [1.165, 1.54) is 0 Å². The van der Waals surface area contributed by atoms with Crippen LogP contribution < -0.4 is 0 Å². The fourth-order valence-electron chi connectivity index (χ4n) is 2.59. The van der Waals surface area contributed by atoms with Gasteiger partial charge in [-0.3, -0.25) is 9.69 Å². The maximum absolute atomic E-state index is 11.8. The Morgan fingerprint density at radius 2 is 2.10 bits per heavy atom. The minimum atomic E-state index is -1.08. The SMILES string of the molecule is CN1CCN(Cc2c(C(=O)O)oc3ccccc23)CC1=O. The first kappa shape index (κ1) is 13.6. The van der Waals surface area contributed by atoms with Crippen LogP contribution in [0.15, 0.2) is 28.7 Å². The summed E-state index contributed by atoms with van der Waals surface area (Å²) in [7, 11) is 1.77. The fraction of sp³-hybridized carbons (Fsp3) is 0.333. The molecule has 2 aromatic rings. The Balaban J connectivity index is 1.94. The van der Waals surface area contributed by atoms with Gasteiger partial charge in [-0.2, -0.15) is 0 Å². The molecule has 1 saturated heterocycles. The van der Waals surface area contributed by atoms with E-state index in [0.29, 0.717) is 30.8 Å². The highest BCUT2D eigenvalue weighted by atomic mass is 16.4. The molecule has 0 saturated carbocycles. The second-order valence-corrected chi connectivity index (χ2v) is 5.24. The van der Waals surface area contributed by atoms with Gasteiger partial charge in [0.1, 0.15) is 5.58 Å². The van der Waals surface area contributed by atoms with Crippen molar-refractivity contribution < 1.29 is 19.1 Å². The van der Waals surface area contributed by atoms with Crippen molar-refractivity contribution in [2.24, 2.45) is 0 Å². The summed E-state index contributed by atoms with van der Waals surface area (Å²) in [4.78, 5) is 26.8. The van der Waals surface area contributed by atoms with Crippen LogP contribution in [0.4, 0.5) is 0 Å². The monoisotopic (exact) mass is 288 g/mol. The molecule has 2 heterocycles. The molecule has 1 aliphatic rings. The molecule has 21 heavy (non-hydrogen) atoms. The molecule has 0 spiro atoms. The number of aromatic carboxylic acids is 1. The lowest BCUT2D eigenvalue weighted by atomic mass is 10.1. The number of fused-ring (bicyclic) bond motifs is 1. The Morgan fingerprint density at radius 1 is 1.33 bits per heavy atom. The van der Waals surface area contributed by atoms with Crippen molar-refractivity contribution in [3.63, 3.8) is 0 Å². The fourth-order valence-corrected chi connectivity index (χ4v) is 2.59. The van der Waals surface area contributed by atoms with Crippen LogP contribution in [0, 0.1) is 0 Å². The minimum Gasteiger partial charge on any atom is -0.475 e. The Morgan fingerprint density at radius 3 is 2.81 bits per heavy atom. The van der Waals surface area contributed by atoms with Crippen LogP contribution in [0.2, 0.25) is 0 Å². The third kappa shape index (κ3) is 2.50. The summed E-state index contributed by atoms with van der Waals surface area (Å²) >= 11 is 0. The molecule has 0 unspecified atom stereocenters. The number of carbonyl (C=O) groups excluding carboxylic acids is 1. The van der Waals surface area contributed by atoms with Gasteiger partial charge in [-0.1, -0.05) is 18.2 Å². The molecular weight excluding hydrogens is 272 g/mol. The lowest BCUT2D eigenvalue weighted by molar-refractivity contribution is -0.134. The number of furan rings is 1. The lowest BCUT2D eigenvalue weighted by Crippen LogP contribution is -2.48. The first-order chi connectivity index (χ1) is 10.1. The molecule has 0 radical (unpaired) electrons. The molecular formula is C15H16N2O4. The van der Waals surface area contributed by atoms with Crippen LogP contribution in [0.1, 0.15) is 16.1 Å². The van der Waals surface area contributed by atoms with E-state index in [1.807, 2.05) is 17.0 Å². The van der Waals surface area contributed by atoms with Crippen molar-refractivity contribution in [3.8, 4) is 0 Å². The first-order valence-corrected chi connectivity index (χ1v) is 6.76. The summed E-state index contributed by atoms with van der Waals surface area (Å²) in [5, 5.41) is 10.1. The van der Waals surface area contributed by atoms with E-state index in [-0.39, 0.29) is 11.7 Å². The molecule has 1 fully saturated rings. The minimum absolute atomic E-state index is 0.0393. The predicted octanol–water partition coefficient (Wildman–Crippen LogP) is 1.41. The van der Waals surface area contributed by atoms with Crippen molar-refractivity contribution in [1.29, 1.82) is 0 Å². The molecule has 0 aliphatic carbocycles. The zero-order chi connectivity index (χ0) is 15.0. The Hall–Kier alpha value is -2.34. The first-order valence-electron chi connectivity index (χ1n) is 6.76. The van der Waals surface area contributed by atoms with Gasteiger partial charge >= 0.3 is 5.97 Å². The van der Waals surface area contributed by atoms with Gasteiger partial charge in [-0.05, 0) is 6.07 Å². The lowest BCUT2D eigenvalue weighted by Gasteiger charge is -2.31. The number of hydrogen-bond donors (Lipinski definition) is 1. The van der Waals surface area contributed by atoms with Crippen LogP contribution >= 0.6 is 0 Å². The van der Waals surface area contributed by atoms with Gasteiger partial charge in [0.15, 0.2) is 0 Å². The number of carbonyl (C=O) groups is 2. The molecule has 6 nitrogen and oxygen atoms in total. The Kier molecular flexibility index (Phi) is 3.39. The smallest absolute Gasteiger partial charge is 0.372 e. The molecule has 1 N–H and O–H groups in total. The van der Waals surface area contributed by atoms with Gasteiger partial charge in [-0.25, -0.2) is 4.79 Å². The third-order valence-electron chi connectivity index (χ3n) is 3.81. The van der Waals surface area contributed by atoms with Gasteiger partial charge in [0.25, 0.3) is 0 Å². The molecule has 1 aromatic carbocycles. The van der Waals surface area contributed by atoms with Gasteiger partial charge in [0, 0.05) is 37.6 Å². The number of benzene rings is 1. The van der Waals surface area contributed by atoms with Crippen molar-refractivity contribution in [2.75, 3.05) is 26.7 Å². The normalized spacial score (nSPS) is 16.6. The average molecular weight is 288 g/mol. The van der Waals surface area contributed by atoms with E-state index in [2.05, 4.69) is 0 Å². The van der Waals surface area contributed by atoms with E-state index >= 15 is 0 Å². The topological polar surface area (TPSA) is 74.0 Å². The summed E-state index contributed by atoms with van der Waals surface area (Å²) < 4.78 is 5.43. The molecule has 6 heteroatoms. The van der Waals surface area contributed by atoms with E-state index in [4.69, 9.17) is 4.42 Å². The number of hydrogen-bond acceptors (Lipinski definition) is 4. The highest BCUT2D eigenvalue weighted by molar-refractivity contribution is 5.95. The highest BCUT2D eigenvalue weighted by Crippen LogP contribution is 2.27. The number of carboxylic acids is 1. The number of amides is 1. The average Bonchev–Trinajstić information content (AvgIpc) is 2.82. The van der Waals surface area contributed by atoms with Gasteiger partial charge in [-0.15, -0.1) is 0 Å². The largest absolute Gasteiger partial charge is 0.475 e. The molecule has 1 aliphatic heterocycles. The summed E-state index contributed by atoms with van der Waals surface area (Å²) in [5.41, 5.74) is 1.20. The van der Waals surface area contributed by atoms with Crippen LogP contribution in [0.5, 0.6) is 0 Å². The van der Waals surface area contributed by atoms with Crippen molar-refractivity contribution >= 4 is 22.8 Å². The summed E-state index contributed by atoms with van der Waals surface area (Å²) in [6.45, 7) is 2.07. The van der Waals surface area contributed by atoms with E-state index in [0.717, 1.165) is 11.9 Å². The number of rotatable bonds is 3. The summed E-state index contributed by atoms with van der Waals surface area (Å²) in [5.74, 6) is -1.07. The molecule has 0 atom stereocenters. The third-order valence-corrected chi connectivity index (χ3v) is 3.81. The molecule has 110 valence electrons. The maximum atomic E-state index is 11.8. The summed E-state index contributed by atoms with van der Waals surface area (Å²) in [6.07, 6.45) is 0. The number of nitrogens with zero attached hydrogens (tertiary/aromatic N) is 2. The van der Waals surface area contributed by atoms with E-state index < -0.39 is 5.97 Å². The van der Waals surface area contributed by atoms with Crippen molar-refractivity contribution in [3.05, 3.63) is 35.6 Å². The number of likely N-dealkylation sites (N-methyl/N-ethyl adjacent to an activating group) is 1. The van der Waals surface area contributed by atoms with Gasteiger partial charge < -0.3 is 14.4 Å². The second-order valence-electron chi connectivity index (χ2n) is 5.24. The molecule has 1 amide bonds. The van der Waals surface area contributed by atoms with Gasteiger partial charge in [0.05, 0.1) is 6.54 Å². The summed E-state index contributed by atoms with van der Waals surface area (Å²) in [6, 6.07) is 7.25. The van der Waals surface area contributed by atoms with Gasteiger partial charge in [0.2, 0.25) is 11.7 Å². The number of piperazine rings is 1. The van der Waals surface area contributed by atoms with E-state index in [1.54, 1.807) is 24.1 Å². The van der Waals surface area contributed by atoms with Crippen LogP contribution in [-0.2, 0) is 11.3 Å². The van der Waals surface area contributed by atoms with E-state index in [9.17, 15) is 14.7 Å². The molecule has 3 rings (SSSR count). The second kappa shape index (κ2) is 5.21. The van der Waals surface area contributed by atoms with Crippen molar-refractivity contribution in [2.45, 2.75) is 6.54 Å². The van der Waals surface area contributed by atoms with Crippen LogP contribution in [0.25, 0.3) is 11.0 Å². The molecule has 0 bridgehead atoms. The zero-order valence-corrected chi connectivity index (χ0v) is 11.7. The quantitative estimate of drug-likeness (QED) is 0.924. The maximum Gasteiger partial charge on any atom is 0.372 e. The highest BCUT2D eigenvalue weighted by Gasteiger charge is 2.25. The number of para-hydroxylation sites is 1. The zero-order valence-electron chi connectivity index (χ0n) is 11.7. The predicted molar refractivity (Wildman–Crippen MR) is 76.1 cm³/mol. The van der Waals surface area contributed by atoms with Crippen LogP contribution in [-0.4, -0.2) is 53.5 Å². The molecule has 1 aromatic heterocycles. The standard InChI is InChI=1S/C15H16N2O4/c1-16-6-7-17(9-13(16)18)8-11-10-4-2-3-5-12(10)21-14(11)15(19)20/h2-5H,6-9H2,1H3,(H,19,20).